The molecule has 0 unspecified atom stereocenters. The van der Waals surface area contributed by atoms with Gasteiger partial charge in [-0.25, -0.2) is 5.43 Å². The first-order chi connectivity index (χ1) is 19.2. The lowest BCUT2D eigenvalue weighted by Gasteiger charge is -2.06. The molecule has 2 aromatic carbocycles. The van der Waals surface area contributed by atoms with Crippen molar-refractivity contribution in [2.45, 2.75) is 26.9 Å². The van der Waals surface area contributed by atoms with Crippen LogP contribution in [0.2, 0.25) is 0 Å². The van der Waals surface area contributed by atoms with Gasteiger partial charge in [0.15, 0.2) is 0 Å². The Balaban J connectivity index is 1.32. The number of benzene rings is 2. The van der Waals surface area contributed by atoms with Crippen molar-refractivity contribution in [2.75, 3.05) is 7.11 Å². The maximum atomic E-state index is 12.7. The van der Waals surface area contributed by atoms with Crippen LogP contribution in [0.3, 0.4) is 0 Å². The van der Waals surface area contributed by atoms with Gasteiger partial charge in [-0.15, -0.1) is 22.7 Å². The second kappa shape index (κ2) is 13.0. The zero-order valence-corrected chi connectivity index (χ0v) is 23.7. The molecular formula is C29H28N4O5S2. The van der Waals surface area contributed by atoms with E-state index in [0.717, 1.165) is 33.8 Å². The minimum atomic E-state index is -0.455. The van der Waals surface area contributed by atoms with E-state index in [2.05, 4.69) is 21.2 Å². The van der Waals surface area contributed by atoms with Gasteiger partial charge in [0, 0.05) is 25.4 Å². The molecule has 0 atom stereocenters. The second-order valence-electron chi connectivity index (χ2n) is 8.77. The summed E-state index contributed by atoms with van der Waals surface area (Å²) in [6.07, 6.45) is 0. The molecule has 2 aromatic heterocycles. The maximum absolute atomic E-state index is 12.7. The fraction of sp³-hybridized carbons (Fsp3) is 0.172. The minimum Gasteiger partial charge on any atom is -0.506 e. The summed E-state index contributed by atoms with van der Waals surface area (Å²) in [6, 6.07) is 18.1. The van der Waals surface area contributed by atoms with Crippen LogP contribution in [0, 0.1) is 0 Å². The van der Waals surface area contributed by atoms with Crippen LogP contribution >= 0.6 is 22.7 Å². The first-order valence-corrected chi connectivity index (χ1v) is 13.9. The predicted molar refractivity (Wildman–Crippen MR) is 157 cm³/mol. The molecular weight excluding hydrogens is 548 g/mol. The van der Waals surface area contributed by atoms with Crippen molar-refractivity contribution in [1.29, 1.82) is 0 Å². The van der Waals surface area contributed by atoms with Crippen LogP contribution < -0.4 is 20.8 Å². The average Bonchev–Trinajstić information content (AvgIpc) is 3.61. The topological polar surface area (TPSA) is 129 Å². The van der Waals surface area contributed by atoms with E-state index in [9.17, 15) is 19.5 Å². The molecule has 40 heavy (non-hydrogen) atoms. The third kappa shape index (κ3) is 7.13. The van der Waals surface area contributed by atoms with Crippen LogP contribution in [-0.4, -0.2) is 35.6 Å². The zero-order valence-electron chi connectivity index (χ0n) is 22.1. The van der Waals surface area contributed by atoms with E-state index in [1.54, 1.807) is 31.5 Å². The number of aromatic hydroxyl groups is 1. The molecule has 0 aliphatic rings. The molecule has 9 nitrogen and oxygen atoms in total. The lowest BCUT2D eigenvalue weighted by atomic mass is 10.1. The number of nitrogens with one attached hydrogen (secondary N) is 3. The number of hydrogen-bond acceptors (Lipinski definition) is 8. The van der Waals surface area contributed by atoms with E-state index >= 15 is 0 Å². The van der Waals surface area contributed by atoms with Crippen molar-refractivity contribution in [3.63, 3.8) is 0 Å². The maximum Gasteiger partial charge on any atom is 0.281 e. The van der Waals surface area contributed by atoms with Crippen molar-refractivity contribution < 1.29 is 24.2 Å². The summed E-state index contributed by atoms with van der Waals surface area (Å²) in [5.41, 5.74) is 6.18. The summed E-state index contributed by atoms with van der Waals surface area (Å²) >= 11 is 2.43. The Kier molecular flexibility index (Phi) is 9.31. The van der Waals surface area contributed by atoms with Gasteiger partial charge in [0.2, 0.25) is 5.91 Å². The molecule has 0 fully saturated rings. The molecule has 0 radical (unpaired) electrons. The molecule has 0 saturated heterocycles. The molecule has 4 N–H and O–H groups in total. The summed E-state index contributed by atoms with van der Waals surface area (Å²) in [6.45, 7) is 3.93. The normalized spacial score (nSPS) is 11.1. The van der Waals surface area contributed by atoms with Crippen molar-refractivity contribution >= 4 is 46.1 Å². The average molecular weight is 577 g/mol. The van der Waals surface area contributed by atoms with Crippen molar-refractivity contribution in [3.8, 4) is 21.9 Å². The molecule has 4 rings (SSSR count). The van der Waals surface area contributed by atoms with Crippen LogP contribution in [-0.2, 0) is 17.9 Å². The standard InChI is InChI=1S/C29H28N4O5S2/c1-17(23-16-39-27(26(23)35)21-8-10-22(38-3)11-9-21)32-33-29(37)25-13-12-24(40-25)28(36)31-15-20-6-4-19(5-7-20)14-30-18(2)34/h4-13,16,35H,14-15H2,1-3H3,(H,30,34)(H,31,36)(H,33,37)/b32-17+. The highest BCUT2D eigenvalue weighted by molar-refractivity contribution is 7.16. The van der Waals surface area contributed by atoms with Gasteiger partial charge in [0.05, 0.1) is 33.0 Å². The van der Waals surface area contributed by atoms with Crippen LogP contribution in [0.4, 0.5) is 0 Å². The highest BCUT2D eigenvalue weighted by Gasteiger charge is 2.17. The predicted octanol–water partition coefficient (Wildman–Crippen LogP) is 4.91. The number of methoxy groups -OCH3 is 1. The number of rotatable bonds is 10. The third-order valence-corrected chi connectivity index (χ3v) is 8.00. The van der Waals surface area contributed by atoms with E-state index in [1.165, 1.54) is 18.3 Å². The van der Waals surface area contributed by atoms with Crippen molar-refractivity contribution in [2.24, 2.45) is 5.10 Å². The van der Waals surface area contributed by atoms with Crippen LogP contribution in [0.5, 0.6) is 11.5 Å². The van der Waals surface area contributed by atoms with Gasteiger partial charge >= 0.3 is 0 Å². The first-order valence-electron chi connectivity index (χ1n) is 12.2. The molecule has 4 aromatic rings. The Morgan fingerprint density at radius 2 is 1.45 bits per heavy atom. The highest BCUT2D eigenvalue weighted by Crippen LogP contribution is 2.39. The van der Waals surface area contributed by atoms with Crippen molar-refractivity contribution in [1.82, 2.24) is 16.1 Å². The Bertz CT molecular complexity index is 1540. The van der Waals surface area contributed by atoms with Crippen molar-refractivity contribution in [3.05, 3.63) is 92.5 Å². The largest absolute Gasteiger partial charge is 0.506 e. The number of hydrogen-bond donors (Lipinski definition) is 4. The molecule has 206 valence electrons. The number of carbonyl (C=O) groups excluding carboxylic acids is 3. The lowest BCUT2D eigenvalue weighted by molar-refractivity contribution is -0.119. The summed E-state index contributed by atoms with van der Waals surface area (Å²) in [4.78, 5) is 37.7. The molecule has 11 heteroatoms. The number of ether oxygens (including phenoxy) is 1. The SMILES string of the molecule is COc1ccc(-c2scc(/C(C)=N/NC(=O)c3ccc(C(=O)NCc4ccc(CNC(C)=O)cc4)s3)c2O)cc1. The Morgan fingerprint density at radius 3 is 2.05 bits per heavy atom. The third-order valence-electron chi connectivity index (χ3n) is 5.90. The van der Waals surface area contributed by atoms with E-state index in [0.29, 0.717) is 39.0 Å². The quantitative estimate of drug-likeness (QED) is 0.158. The Labute approximate surface area is 239 Å². The first kappa shape index (κ1) is 28.5. The van der Waals surface area contributed by atoms with Crippen LogP contribution in [0.25, 0.3) is 10.4 Å². The molecule has 0 aliphatic carbocycles. The van der Waals surface area contributed by atoms with Gasteiger partial charge in [-0.2, -0.15) is 5.10 Å². The molecule has 0 saturated carbocycles. The highest BCUT2D eigenvalue weighted by atomic mass is 32.1. The summed E-state index contributed by atoms with van der Waals surface area (Å²) < 4.78 is 5.18. The molecule has 3 amide bonds. The van der Waals surface area contributed by atoms with E-state index in [1.807, 2.05) is 48.5 Å². The molecule has 0 bridgehead atoms. The van der Waals surface area contributed by atoms with Gasteiger partial charge < -0.3 is 20.5 Å². The lowest BCUT2D eigenvalue weighted by Crippen LogP contribution is -2.22. The van der Waals surface area contributed by atoms with E-state index in [-0.39, 0.29) is 17.6 Å². The Hall–Kier alpha value is -4.48. The van der Waals surface area contributed by atoms with Gasteiger partial charge in [0.1, 0.15) is 11.5 Å². The number of thiophene rings is 2. The number of nitrogens with zero attached hydrogens (tertiary/aromatic N) is 1. The second-order valence-corrected chi connectivity index (χ2v) is 10.7. The van der Waals surface area contributed by atoms with Crippen LogP contribution in [0.15, 0.2) is 71.1 Å². The van der Waals surface area contributed by atoms with E-state index in [4.69, 9.17) is 4.74 Å². The smallest absolute Gasteiger partial charge is 0.281 e. The van der Waals surface area contributed by atoms with Gasteiger partial charge in [-0.1, -0.05) is 24.3 Å². The Morgan fingerprint density at radius 1 is 0.850 bits per heavy atom. The fourth-order valence-corrected chi connectivity index (χ4v) is 5.48. The van der Waals surface area contributed by atoms with Gasteiger partial charge in [-0.3, -0.25) is 14.4 Å². The minimum absolute atomic E-state index is 0.0862. The van der Waals surface area contributed by atoms with E-state index < -0.39 is 5.91 Å². The molecule has 0 aliphatic heterocycles. The zero-order chi connectivity index (χ0) is 28.6. The number of amides is 3. The molecule has 2 heterocycles. The van der Waals surface area contributed by atoms with Crippen LogP contribution in [0.1, 0.15) is 49.9 Å². The molecule has 0 spiro atoms. The van der Waals surface area contributed by atoms with Gasteiger partial charge in [0.25, 0.3) is 11.8 Å². The fourth-order valence-electron chi connectivity index (χ4n) is 3.66. The number of hydrazone groups is 1. The van der Waals surface area contributed by atoms with Gasteiger partial charge in [-0.05, 0) is 60.0 Å². The summed E-state index contributed by atoms with van der Waals surface area (Å²) in [7, 11) is 1.59. The number of carbonyl (C=O) groups is 3. The monoisotopic (exact) mass is 576 g/mol. The summed E-state index contributed by atoms with van der Waals surface area (Å²) in [5, 5.41) is 22.3. The summed E-state index contributed by atoms with van der Waals surface area (Å²) in [5.74, 6) is -0.0318.